The molecule has 1 atom stereocenters. The van der Waals surface area contributed by atoms with E-state index in [1.165, 1.54) is 0 Å². The van der Waals surface area contributed by atoms with Crippen molar-refractivity contribution in [3.05, 3.63) is 11.6 Å². The lowest BCUT2D eigenvalue weighted by Crippen LogP contribution is -1.95. The SMILES string of the molecule is C/C(=C\COP(=O)(O)OP(=O)(O)O)CCCC(C)C. The molecule has 0 saturated carbocycles. The molecule has 0 radical (unpaired) electrons. The van der Waals surface area contributed by atoms with E-state index in [2.05, 4.69) is 22.7 Å². The molecule has 0 aromatic carbocycles. The summed E-state index contributed by atoms with van der Waals surface area (Å²) in [5, 5.41) is 0. The maximum Gasteiger partial charge on any atom is 0.481 e. The Morgan fingerprint density at radius 1 is 1.26 bits per heavy atom. The Labute approximate surface area is 113 Å². The van der Waals surface area contributed by atoms with E-state index in [0.29, 0.717) is 5.92 Å². The summed E-state index contributed by atoms with van der Waals surface area (Å²) in [6, 6.07) is 0. The van der Waals surface area contributed by atoms with Crippen molar-refractivity contribution in [2.24, 2.45) is 5.92 Å². The van der Waals surface area contributed by atoms with Gasteiger partial charge in [-0.05, 0) is 25.7 Å². The quantitative estimate of drug-likeness (QED) is 0.442. The summed E-state index contributed by atoms with van der Waals surface area (Å²) in [5.41, 5.74) is 0.983. The Hall–Kier alpha value is -0.0000000000000000416. The third-order valence-corrected chi connectivity index (χ3v) is 4.38. The van der Waals surface area contributed by atoms with Gasteiger partial charge in [0.05, 0.1) is 6.61 Å². The van der Waals surface area contributed by atoms with E-state index in [1.54, 1.807) is 6.08 Å². The lowest BCUT2D eigenvalue weighted by atomic mass is 10.0. The Bertz CT molecular complexity index is 385. The van der Waals surface area contributed by atoms with Gasteiger partial charge >= 0.3 is 15.6 Å². The Kier molecular flexibility index (Phi) is 8.32. The van der Waals surface area contributed by atoms with Gasteiger partial charge in [0.1, 0.15) is 0 Å². The van der Waals surface area contributed by atoms with E-state index in [4.69, 9.17) is 14.7 Å². The van der Waals surface area contributed by atoms with Gasteiger partial charge in [0, 0.05) is 0 Å². The summed E-state index contributed by atoms with van der Waals surface area (Å²) >= 11 is 0. The Morgan fingerprint density at radius 3 is 2.32 bits per heavy atom. The fourth-order valence-corrected chi connectivity index (χ4v) is 2.85. The van der Waals surface area contributed by atoms with Crippen LogP contribution in [0.2, 0.25) is 0 Å². The molecular weight excluding hydrogens is 294 g/mol. The summed E-state index contributed by atoms with van der Waals surface area (Å²) in [4.78, 5) is 25.8. The number of phosphoric ester groups is 1. The number of hydrogen-bond acceptors (Lipinski definition) is 4. The Morgan fingerprint density at radius 2 is 1.84 bits per heavy atom. The highest BCUT2D eigenvalue weighted by atomic mass is 31.3. The summed E-state index contributed by atoms with van der Waals surface area (Å²) in [6.07, 6.45) is 4.53. The van der Waals surface area contributed by atoms with Crippen molar-refractivity contribution in [3.63, 3.8) is 0 Å². The van der Waals surface area contributed by atoms with Gasteiger partial charge in [-0.15, -0.1) is 0 Å². The average Bonchev–Trinajstić information content (AvgIpc) is 2.12. The highest BCUT2D eigenvalue weighted by Gasteiger charge is 2.31. The largest absolute Gasteiger partial charge is 0.481 e. The van der Waals surface area contributed by atoms with E-state index in [-0.39, 0.29) is 6.61 Å². The minimum absolute atomic E-state index is 0.235. The standard InChI is InChI=1S/C10H22O7P2/c1-9(2)5-4-6-10(3)7-8-16-19(14,15)17-18(11,12)13/h7,9H,4-6,8H2,1-3H3,(H,14,15)(H2,11,12,13)/b10-7+. The molecular formula is C10H22O7P2. The summed E-state index contributed by atoms with van der Waals surface area (Å²) in [6.45, 7) is 5.88. The summed E-state index contributed by atoms with van der Waals surface area (Å²) in [5.74, 6) is 0.623. The number of allylic oxidation sites excluding steroid dienone is 1. The van der Waals surface area contributed by atoms with E-state index in [0.717, 1.165) is 24.8 Å². The highest BCUT2D eigenvalue weighted by Crippen LogP contribution is 2.57. The number of hydrogen-bond donors (Lipinski definition) is 3. The van der Waals surface area contributed by atoms with E-state index < -0.39 is 15.6 Å². The predicted molar refractivity (Wildman–Crippen MR) is 71.4 cm³/mol. The third-order valence-electron chi connectivity index (χ3n) is 2.23. The van der Waals surface area contributed by atoms with E-state index in [1.807, 2.05) is 6.92 Å². The molecule has 0 aliphatic rings. The molecule has 0 aliphatic carbocycles. The first-order valence-corrected chi connectivity index (χ1v) is 8.94. The van der Waals surface area contributed by atoms with Crippen molar-refractivity contribution in [2.75, 3.05) is 6.61 Å². The van der Waals surface area contributed by atoms with Crippen molar-refractivity contribution in [2.45, 2.75) is 40.0 Å². The molecule has 0 aromatic rings. The van der Waals surface area contributed by atoms with Crippen LogP contribution in [0.3, 0.4) is 0 Å². The van der Waals surface area contributed by atoms with Crippen molar-refractivity contribution >= 4 is 15.6 Å². The van der Waals surface area contributed by atoms with E-state index >= 15 is 0 Å². The van der Waals surface area contributed by atoms with Gasteiger partial charge < -0.3 is 14.7 Å². The van der Waals surface area contributed by atoms with Crippen LogP contribution >= 0.6 is 15.6 Å². The molecule has 3 N–H and O–H groups in total. The molecule has 0 fully saturated rings. The molecule has 0 bridgehead atoms. The number of phosphoric acid groups is 2. The first kappa shape index (κ1) is 19.0. The average molecular weight is 316 g/mol. The zero-order valence-electron chi connectivity index (χ0n) is 11.4. The van der Waals surface area contributed by atoms with Crippen molar-refractivity contribution < 1.29 is 32.6 Å². The van der Waals surface area contributed by atoms with Crippen LogP contribution < -0.4 is 0 Å². The zero-order chi connectivity index (χ0) is 15.1. The minimum atomic E-state index is -5.04. The van der Waals surface area contributed by atoms with Crippen LogP contribution in [0.25, 0.3) is 0 Å². The molecule has 0 amide bonds. The Balaban J connectivity index is 4.06. The first-order chi connectivity index (χ1) is 8.52. The smallest absolute Gasteiger partial charge is 0.302 e. The molecule has 114 valence electrons. The molecule has 0 aliphatic heterocycles. The summed E-state index contributed by atoms with van der Waals surface area (Å²) in [7, 11) is -9.76. The zero-order valence-corrected chi connectivity index (χ0v) is 13.1. The molecule has 0 spiro atoms. The van der Waals surface area contributed by atoms with Crippen molar-refractivity contribution in [3.8, 4) is 0 Å². The van der Waals surface area contributed by atoms with Gasteiger partial charge in [-0.3, -0.25) is 4.52 Å². The van der Waals surface area contributed by atoms with Gasteiger partial charge in [-0.2, -0.15) is 4.31 Å². The molecule has 0 aromatic heterocycles. The monoisotopic (exact) mass is 316 g/mol. The highest BCUT2D eigenvalue weighted by molar-refractivity contribution is 7.60. The van der Waals surface area contributed by atoms with E-state index in [9.17, 15) is 9.13 Å². The normalized spacial score (nSPS) is 16.7. The summed E-state index contributed by atoms with van der Waals surface area (Å²) < 4.78 is 29.6. The van der Waals surface area contributed by atoms with Crippen molar-refractivity contribution in [1.82, 2.24) is 0 Å². The topological polar surface area (TPSA) is 113 Å². The molecule has 1 unspecified atom stereocenters. The number of rotatable bonds is 9. The maximum atomic E-state index is 11.1. The van der Waals surface area contributed by atoms with Crippen LogP contribution in [0, 0.1) is 5.92 Å². The molecule has 0 saturated heterocycles. The van der Waals surface area contributed by atoms with Gasteiger partial charge in [0.2, 0.25) is 0 Å². The molecule has 0 heterocycles. The maximum absolute atomic E-state index is 11.1. The second kappa shape index (κ2) is 8.32. The molecule has 19 heavy (non-hydrogen) atoms. The van der Waals surface area contributed by atoms with Gasteiger partial charge in [-0.25, -0.2) is 9.13 Å². The minimum Gasteiger partial charge on any atom is -0.302 e. The second-order valence-electron chi connectivity index (χ2n) is 4.67. The first-order valence-electron chi connectivity index (χ1n) is 5.91. The molecule has 0 rings (SSSR count). The molecule has 9 heteroatoms. The van der Waals surface area contributed by atoms with Gasteiger partial charge in [0.25, 0.3) is 0 Å². The van der Waals surface area contributed by atoms with Crippen molar-refractivity contribution in [1.29, 1.82) is 0 Å². The second-order valence-corrected chi connectivity index (χ2v) is 7.50. The lowest BCUT2D eigenvalue weighted by molar-refractivity contribution is 0.191. The fraction of sp³-hybridized carbons (Fsp3) is 0.800. The third kappa shape index (κ3) is 12.8. The molecule has 7 nitrogen and oxygen atoms in total. The van der Waals surface area contributed by atoms with Crippen LogP contribution in [0.1, 0.15) is 40.0 Å². The lowest BCUT2D eigenvalue weighted by Gasteiger charge is -2.11. The fourth-order valence-electron chi connectivity index (χ4n) is 1.32. The van der Waals surface area contributed by atoms with Crippen LogP contribution in [0.4, 0.5) is 0 Å². The predicted octanol–water partition coefficient (Wildman–Crippen LogP) is 2.99. The van der Waals surface area contributed by atoms with Crippen LogP contribution in [0.5, 0.6) is 0 Å². The van der Waals surface area contributed by atoms with Crippen LogP contribution in [-0.2, 0) is 18.0 Å². The van der Waals surface area contributed by atoms with Gasteiger partial charge in [0.15, 0.2) is 0 Å². The van der Waals surface area contributed by atoms with Crippen LogP contribution in [-0.4, -0.2) is 21.3 Å². The van der Waals surface area contributed by atoms with Gasteiger partial charge in [-0.1, -0.05) is 31.9 Å². The van der Waals surface area contributed by atoms with Crippen LogP contribution in [0.15, 0.2) is 11.6 Å².